The second-order valence-corrected chi connectivity index (χ2v) is 12.6. The first kappa shape index (κ1) is 25.6. The normalized spacial score (nSPS) is 18.2. The average Bonchev–Trinajstić information content (AvgIpc) is 3.27. The van der Waals surface area contributed by atoms with Gasteiger partial charge < -0.3 is 10.1 Å². The van der Waals surface area contributed by atoms with Gasteiger partial charge in [-0.05, 0) is 68.1 Å². The Morgan fingerprint density at radius 1 is 0.743 bits per heavy atom. The van der Waals surface area contributed by atoms with Gasteiger partial charge in [0.05, 0.1) is 22.5 Å². The predicted octanol–water partition coefficient (Wildman–Crippen LogP) is 3.30. The van der Waals surface area contributed by atoms with Crippen LogP contribution >= 0.6 is 0 Å². The Kier molecular flexibility index (Phi) is 7.80. The van der Waals surface area contributed by atoms with Crippen LogP contribution < -0.4 is 10.1 Å². The monoisotopic (exact) mass is 521 g/mol. The summed E-state index contributed by atoms with van der Waals surface area (Å²) in [7, 11) is -5.89. The molecule has 2 aromatic carbocycles. The minimum atomic E-state index is -3.74. The molecule has 190 valence electrons. The SMILES string of the molecule is COc1ccc(S(=O)(=O)N2CCCCCC2)cc1C(=O)Nc1ccc(S(=O)(=O)N2CCCC2)cc1. The van der Waals surface area contributed by atoms with Crippen molar-refractivity contribution in [3.05, 3.63) is 48.0 Å². The fourth-order valence-electron chi connectivity index (χ4n) is 4.44. The molecule has 2 aliphatic rings. The first-order valence-electron chi connectivity index (χ1n) is 11.8. The van der Waals surface area contributed by atoms with Gasteiger partial charge in [-0.1, -0.05) is 12.8 Å². The number of hydrogen-bond donors (Lipinski definition) is 1. The van der Waals surface area contributed by atoms with Gasteiger partial charge in [-0.2, -0.15) is 8.61 Å². The third kappa shape index (κ3) is 5.53. The first-order chi connectivity index (χ1) is 16.7. The van der Waals surface area contributed by atoms with Gasteiger partial charge in [0.25, 0.3) is 5.91 Å². The number of rotatable bonds is 7. The van der Waals surface area contributed by atoms with E-state index in [0.717, 1.165) is 38.5 Å². The van der Waals surface area contributed by atoms with Gasteiger partial charge in [0.2, 0.25) is 20.0 Å². The summed E-state index contributed by atoms with van der Waals surface area (Å²) < 4.78 is 60.1. The van der Waals surface area contributed by atoms with E-state index in [2.05, 4.69) is 5.32 Å². The largest absolute Gasteiger partial charge is 0.496 e. The number of methoxy groups -OCH3 is 1. The van der Waals surface area contributed by atoms with Crippen molar-refractivity contribution in [3.8, 4) is 5.75 Å². The van der Waals surface area contributed by atoms with Crippen LogP contribution in [0.25, 0.3) is 0 Å². The number of ether oxygens (including phenoxy) is 1. The van der Waals surface area contributed by atoms with Gasteiger partial charge in [0, 0.05) is 31.9 Å². The molecule has 11 heteroatoms. The lowest BCUT2D eigenvalue weighted by Crippen LogP contribution is -2.32. The lowest BCUT2D eigenvalue weighted by Gasteiger charge is -2.20. The molecule has 4 rings (SSSR count). The van der Waals surface area contributed by atoms with Crippen molar-refractivity contribution in [3.63, 3.8) is 0 Å². The minimum Gasteiger partial charge on any atom is -0.496 e. The number of nitrogens with one attached hydrogen (secondary N) is 1. The van der Waals surface area contributed by atoms with Crippen LogP contribution in [0.5, 0.6) is 5.75 Å². The molecule has 0 aromatic heterocycles. The molecule has 2 aromatic rings. The van der Waals surface area contributed by atoms with Gasteiger partial charge in [0.1, 0.15) is 5.75 Å². The maximum atomic E-state index is 13.2. The molecular weight excluding hydrogens is 490 g/mol. The molecule has 0 saturated carbocycles. The summed E-state index contributed by atoms with van der Waals surface area (Å²) in [6.45, 7) is 1.94. The van der Waals surface area contributed by atoms with Crippen LogP contribution in [0, 0.1) is 0 Å². The fraction of sp³-hybridized carbons (Fsp3) is 0.458. The summed E-state index contributed by atoms with van der Waals surface area (Å²) in [6.07, 6.45) is 5.32. The molecule has 2 aliphatic heterocycles. The van der Waals surface area contributed by atoms with Crippen molar-refractivity contribution < 1.29 is 26.4 Å². The Labute approximate surface area is 207 Å². The summed E-state index contributed by atoms with van der Waals surface area (Å²) in [5.41, 5.74) is 0.468. The zero-order valence-electron chi connectivity index (χ0n) is 19.8. The Bertz CT molecular complexity index is 1260. The van der Waals surface area contributed by atoms with E-state index in [1.54, 1.807) is 0 Å². The predicted molar refractivity (Wildman–Crippen MR) is 133 cm³/mol. The number of anilines is 1. The summed E-state index contributed by atoms with van der Waals surface area (Å²) >= 11 is 0. The summed E-state index contributed by atoms with van der Waals surface area (Å²) in [4.78, 5) is 13.3. The molecule has 9 nitrogen and oxygen atoms in total. The summed E-state index contributed by atoms with van der Waals surface area (Å²) in [6, 6.07) is 10.2. The zero-order valence-corrected chi connectivity index (χ0v) is 21.4. The Balaban J connectivity index is 1.55. The van der Waals surface area contributed by atoms with Gasteiger partial charge in [-0.15, -0.1) is 0 Å². The van der Waals surface area contributed by atoms with Crippen molar-refractivity contribution in [1.82, 2.24) is 8.61 Å². The third-order valence-electron chi connectivity index (χ3n) is 6.43. The highest BCUT2D eigenvalue weighted by atomic mass is 32.2. The molecule has 35 heavy (non-hydrogen) atoms. The maximum absolute atomic E-state index is 13.2. The Morgan fingerprint density at radius 3 is 1.77 bits per heavy atom. The molecule has 2 heterocycles. The maximum Gasteiger partial charge on any atom is 0.259 e. The van der Waals surface area contributed by atoms with Crippen molar-refractivity contribution >= 4 is 31.6 Å². The van der Waals surface area contributed by atoms with Crippen LogP contribution in [0.2, 0.25) is 0 Å². The van der Waals surface area contributed by atoms with Crippen molar-refractivity contribution in [1.29, 1.82) is 0 Å². The average molecular weight is 522 g/mol. The van der Waals surface area contributed by atoms with E-state index >= 15 is 0 Å². The zero-order chi connectivity index (χ0) is 25.1. The second-order valence-electron chi connectivity index (χ2n) is 8.77. The van der Waals surface area contributed by atoms with E-state index in [9.17, 15) is 21.6 Å². The van der Waals surface area contributed by atoms with Crippen molar-refractivity contribution in [2.75, 3.05) is 38.6 Å². The number of carbonyl (C=O) groups is 1. The first-order valence-corrected chi connectivity index (χ1v) is 14.7. The molecule has 1 amide bonds. The van der Waals surface area contributed by atoms with Gasteiger partial charge in [-0.25, -0.2) is 16.8 Å². The second kappa shape index (κ2) is 10.7. The third-order valence-corrected chi connectivity index (χ3v) is 10.2. The molecule has 2 fully saturated rings. The van der Waals surface area contributed by atoms with E-state index in [1.807, 2.05) is 0 Å². The molecule has 0 spiro atoms. The molecule has 0 unspecified atom stereocenters. The lowest BCUT2D eigenvalue weighted by atomic mass is 10.2. The molecule has 0 atom stereocenters. The standard InChI is InChI=1S/C24H31N3O6S2/c1-33-23-13-12-21(35(31,32)27-14-4-2-3-5-15-27)18-22(23)24(28)25-19-8-10-20(11-9-19)34(29,30)26-16-6-7-17-26/h8-13,18H,2-7,14-17H2,1H3,(H,25,28). The van der Waals surface area contributed by atoms with E-state index in [0.29, 0.717) is 31.9 Å². The molecule has 0 radical (unpaired) electrons. The highest BCUT2D eigenvalue weighted by Gasteiger charge is 2.28. The van der Waals surface area contributed by atoms with Gasteiger partial charge >= 0.3 is 0 Å². The van der Waals surface area contributed by atoms with Crippen molar-refractivity contribution in [2.24, 2.45) is 0 Å². The quantitative estimate of drug-likeness (QED) is 0.598. The summed E-state index contributed by atoms with van der Waals surface area (Å²) in [5, 5.41) is 2.71. The molecular formula is C24H31N3O6S2. The van der Waals surface area contributed by atoms with E-state index in [-0.39, 0.29) is 21.1 Å². The van der Waals surface area contributed by atoms with E-state index in [1.165, 1.54) is 58.2 Å². The number of nitrogens with zero attached hydrogens (tertiary/aromatic N) is 2. The smallest absolute Gasteiger partial charge is 0.259 e. The molecule has 0 bridgehead atoms. The minimum absolute atomic E-state index is 0.0393. The fourth-order valence-corrected chi connectivity index (χ4v) is 7.50. The molecule has 1 N–H and O–H groups in total. The topological polar surface area (TPSA) is 113 Å². The van der Waals surface area contributed by atoms with Gasteiger partial charge in [-0.3, -0.25) is 4.79 Å². The highest BCUT2D eigenvalue weighted by molar-refractivity contribution is 7.89. The Morgan fingerprint density at radius 2 is 1.23 bits per heavy atom. The Hall–Kier alpha value is -2.47. The van der Waals surface area contributed by atoms with E-state index in [4.69, 9.17) is 4.74 Å². The van der Waals surface area contributed by atoms with Crippen molar-refractivity contribution in [2.45, 2.75) is 48.3 Å². The van der Waals surface area contributed by atoms with Crippen LogP contribution in [-0.4, -0.2) is 64.6 Å². The molecule has 2 saturated heterocycles. The van der Waals surface area contributed by atoms with E-state index < -0.39 is 26.0 Å². The highest BCUT2D eigenvalue weighted by Crippen LogP contribution is 2.28. The number of amides is 1. The van der Waals surface area contributed by atoms with Gasteiger partial charge in [0.15, 0.2) is 0 Å². The van der Waals surface area contributed by atoms with Crippen LogP contribution in [0.1, 0.15) is 48.9 Å². The number of carbonyl (C=O) groups excluding carboxylic acids is 1. The lowest BCUT2D eigenvalue weighted by molar-refractivity contribution is 0.102. The van der Waals surface area contributed by atoms with Crippen LogP contribution in [0.4, 0.5) is 5.69 Å². The van der Waals surface area contributed by atoms with Crippen LogP contribution in [0.15, 0.2) is 52.3 Å². The number of benzene rings is 2. The summed E-state index contributed by atoms with van der Waals surface area (Å²) in [5.74, 6) is -0.310. The number of hydrogen-bond acceptors (Lipinski definition) is 6. The molecule has 0 aliphatic carbocycles. The van der Waals surface area contributed by atoms with Crippen LogP contribution in [-0.2, 0) is 20.0 Å². The van der Waals surface area contributed by atoms with Crippen LogP contribution in [0.3, 0.4) is 0 Å². The number of sulfonamides is 2.